The summed E-state index contributed by atoms with van der Waals surface area (Å²) in [6.07, 6.45) is 8.57. The number of rotatable bonds is 15. The molecule has 3 fully saturated rings. The molecule has 7 nitrogen and oxygen atoms in total. The fraction of sp³-hybridized carbons (Fsp3) is 0.594. The topological polar surface area (TPSA) is 87.1 Å². The summed E-state index contributed by atoms with van der Waals surface area (Å²) in [5.74, 6) is -1.94. The minimum atomic E-state index is -0.797. The van der Waals surface area contributed by atoms with Gasteiger partial charge in [-0.2, -0.15) is 0 Å². The molecule has 8 heteroatoms. The monoisotopic (exact) mass is 568 g/mol. The average molecular weight is 569 g/mol. The number of nitrogens with zero attached hydrogens (tertiary/aromatic N) is 2. The second kappa shape index (κ2) is 13.4. The summed E-state index contributed by atoms with van der Waals surface area (Å²) in [6, 6.07) is 7.89. The largest absolute Gasteiger partial charge is 0.465 e. The first-order valence-corrected chi connectivity index (χ1v) is 15.6. The number of likely N-dealkylation sites (tertiary alicyclic amines) is 1. The SMILES string of the molecule is C=CCCCCOC(=O)[C@@H]1[C@H]2C(=O)N([C@H](CO)c3ccccc3)C(C(=O)N(CC=C)CCCC)C23S[C@@H]1CC3C. The number of hydrogen-bond acceptors (Lipinski definition) is 6. The zero-order valence-corrected chi connectivity index (χ0v) is 24.7. The van der Waals surface area contributed by atoms with Crippen LogP contribution in [0.25, 0.3) is 0 Å². The smallest absolute Gasteiger partial charge is 0.310 e. The van der Waals surface area contributed by atoms with Crippen LogP contribution < -0.4 is 0 Å². The van der Waals surface area contributed by atoms with Crippen molar-refractivity contribution in [2.24, 2.45) is 17.8 Å². The standard InChI is InChI=1S/C32H44N2O5S/c1-5-8-10-14-19-39-31(38)26-25-20-22(4)32(40-25)27(26)29(36)34(24(21-35)23-15-12-11-13-16-23)28(32)30(37)33(17-7-3)18-9-6-2/h5,7,11-13,15-16,22,24-28,35H,1,3,6,8-10,14,17-21H2,2,4H3/t22?,24-,25-,26+,27+,28?,32?/m1/s1. The number of allylic oxidation sites excluding steroid dienone is 1. The van der Waals surface area contributed by atoms with Crippen LogP contribution in [0.5, 0.6) is 0 Å². The maximum atomic E-state index is 14.5. The summed E-state index contributed by atoms with van der Waals surface area (Å²) in [7, 11) is 0. The molecule has 2 amide bonds. The number of carbonyl (C=O) groups excluding carboxylic acids is 3. The minimum absolute atomic E-state index is 0.0407. The third kappa shape index (κ3) is 5.37. The maximum Gasteiger partial charge on any atom is 0.310 e. The number of ether oxygens (including phenoxy) is 1. The lowest BCUT2D eigenvalue weighted by Gasteiger charge is -2.42. The zero-order chi connectivity index (χ0) is 28.9. The molecule has 3 unspecified atom stereocenters. The van der Waals surface area contributed by atoms with Crippen molar-refractivity contribution in [3.8, 4) is 0 Å². The molecular formula is C32H44N2O5S. The molecule has 3 heterocycles. The zero-order valence-electron chi connectivity index (χ0n) is 23.9. The van der Waals surface area contributed by atoms with E-state index in [-0.39, 0.29) is 35.6 Å². The molecule has 1 N–H and O–H groups in total. The summed E-state index contributed by atoms with van der Waals surface area (Å²) in [5.41, 5.74) is 0.768. The van der Waals surface area contributed by atoms with E-state index in [1.165, 1.54) is 0 Å². The van der Waals surface area contributed by atoms with Crippen molar-refractivity contribution in [2.75, 3.05) is 26.3 Å². The normalized spacial score (nSPS) is 29.2. The van der Waals surface area contributed by atoms with Crippen LogP contribution in [0.15, 0.2) is 55.6 Å². The van der Waals surface area contributed by atoms with Gasteiger partial charge in [-0.15, -0.1) is 24.9 Å². The predicted molar refractivity (Wildman–Crippen MR) is 158 cm³/mol. The van der Waals surface area contributed by atoms with E-state index in [0.29, 0.717) is 19.7 Å². The number of thioether (sulfide) groups is 1. The van der Waals surface area contributed by atoms with Gasteiger partial charge in [0, 0.05) is 18.3 Å². The molecule has 218 valence electrons. The molecule has 40 heavy (non-hydrogen) atoms. The Morgan fingerprint density at radius 1 is 1.23 bits per heavy atom. The number of carbonyl (C=O) groups is 3. The van der Waals surface area contributed by atoms with E-state index >= 15 is 0 Å². The van der Waals surface area contributed by atoms with E-state index < -0.39 is 28.7 Å². The van der Waals surface area contributed by atoms with Gasteiger partial charge in [0.25, 0.3) is 0 Å². The first kappa shape index (κ1) is 30.4. The van der Waals surface area contributed by atoms with Crippen LogP contribution in [0, 0.1) is 17.8 Å². The van der Waals surface area contributed by atoms with Crippen molar-refractivity contribution in [3.63, 3.8) is 0 Å². The van der Waals surface area contributed by atoms with Crippen LogP contribution in [-0.2, 0) is 19.1 Å². The Kier molecular flexibility index (Phi) is 10.2. The molecule has 3 aliphatic rings. The van der Waals surface area contributed by atoms with Gasteiger partial charge in [0.1, 0.15) is 6.04 Å². The fourth-order valence-electron chi connectivity index (χ4n) is 7.00. The van der Waals surface area contributed by atoms with E-state index in [4.69, 9.17) is 4.74 Å². The molecular weight excluding hydrogens is 524 g/mol. The summed E-state index contributed by atoms with van der Waals surface area (Å²) < 4.78 is 4.98. The molecule has 7 atom stereocenters. The van der Waals surface area contributed by atoms with Gasteiger partial charge in [-0.25, -0.2) is 0 Å². The Balaban J connectivity index is 1.75. The second-order valence-corrected chi connectivity index (χ2v) is 12.8. The number of benzene rings is 1. The summed E-state index contributed by atoms with van der Waals surface area (Å²) >= 11 is 1.64. The predicted octanol–water partition coefficient (Wildman–Crippen LogP) is 4.77. The molecule has 0 saturated carbocycles. The molecule has 0 aliphatic carbocycles. The highest BCUT2D eigenvalue weighted by Gasteiger charge is 2.77. The van der Waals surface area contributed by atoms with Gasteiger partial charge in [0.05, 0.1) is 35.8 Å². The molecule has 4 rings (SSSR count). The van der Waals surface area contributed by atoms with Gasteiger partial charge < -0.3 is 19.6 Å². The van der Waals surface area contributed by atoms with E-state index in [2.05, 4.69) is 27.0 Å². The number of aliphatic hydroxyl groups is 1. The van der Waals surface area contributed by atoms with Crippen molar-refractivity contribution >= 4 is 29.5 Å². The van der Waals surface area contributed by atoms with Gasteiger partial charge in [-0.3, -0.25) is 14.4 Å². The number of aliphatic hydroxyl groups excluding tert-OH is 1. The van der Waals surface area contributed by atoms with E-state index in [1.807, 2.05) is 36.4 Å². The molecule has 1 spiro atoms. The lowest BCUT2D eigenvalue weighted by atomic mass is 9.66. The lowest BCUT2D eigenvalue weighted by molar-refractivity contribution is -0.155. The minimum Gasteiger partial charge on any atom is -0.465 e. The number of unbranched alkanes of at least 4 members (excludes halogenated alkanes) is 3. The fourth-order valence-corrected chi connectivity index (χ4v) is 9.39. The summed E-state index contributed by atoms with van der Waals surface area (Å²) in [5, 5.41) is 10.6. The van der Waals surface area contributed by atoms with Crippen molar-refractivity contribution in [3.05, 3.63) is 61.2 Å². The highest BCUT2D eigenvalue weighted by atomic mass is 32.2. The average Bonchev–Trinajstić information content (AvgIpc) is 3.55. The Labute approximate surface area is 243 Å². The van der Waals surface area contributed by atoms with E-state index in [9.17, 15) is 19.5 Å². The van der Waals surface area contributed by atoms with Crippen LogP contribution in [-0.4, -0.2) is 75.0 Å². The lowest BCUT2D eigenvalue weighted by Crippen LogP contribution is -2.58. The Hall–Kier alpha value is -2.58. The van der Waals surface area contributed by atoms with Crippen LogP contribution in [0.1, 0.15) is 64.0 Å². The van der Waals surface area contributed by atoms with Gasteiger partial charge in [0.15, 0.2) is 0 Å². The first-order chi connectivity index (χ1) is 19.4. The molecule has 1 aromatic carbocycles. The second-order valence-electron chi connectivity index (χ2n) is 11.3. The number of amides is 2. The third-order valence-electron chi connectivity index (χ3n) is 8.87. The molecule has 0 radical (unpaired) electrons. The number of fused-ring (bicyclic) bond motifs is 1. The van der Waals surface area contributed by atoms with Crippen LogP contribution >= 0.6 is 11.8 Å². The van der Waals surface area contributed by atoms with Crippen molar-refractivity contribution < 1.29 is 24.2 Å². The first-order valence-electron chi connectivity index (χ1n) is 14.7. The van der Waals surface area contributed by atoms with Gasteiger partial charge in [-0.1, -0.05) is 62.8 Å². The van der Waals surface area contributed by atoms with E-state index in [0.717, 1.165) is 44.1 Å². The maximum absolute atomic E-state index is 14.5. The Morgan fingerprint density at radius 2 is 1.98 bits per heavy atom. The Morgan fingerprint density at radius 3 is 2.62 bits per heavy atom. The highest BCUT2D eigenvalue weighted by Crippen LogP contribution is 2.69. The van der Waals surface area contributed by atoms with Crippen LogP contribution in [0.4, 0.5) is 0 Å². The third-order valence-corrected chi connectivity index (χ3v) is 10.9. The van der Waals surface area contributed by atoms with Crippen molar-refractivity contribution in [2.45, 2.75) is 74.5 Å². The van der Waals surface area contributed by atoms with Gasteiger partial charge >= 0.3 is 5.97 Å². The Bertz CT molecular complexity index is 1080. The molecule has 3 aliphatic heterocycles. The number of esters is 1. The quantitative estimate of drug-likeness (QED) is 0.186. The van der Waals surface area contributed by atoms with E-state index in [1.54, 1.807) is 27.6 Å². The van der Waals surface area contributed by atoms with Crippen LogP contribution in [0.3, 0.4) is 0 Å². The summed E-state index contributed by atoms with van der Waals surface area (Å²) in [4.78, 5) is 46.0. The number of hydrogen-bond donors (Lipinski definition) is 1. The van der Waals surface area contributed by atoms with Gasteiger partial charge in [-0.05, 0) is 43.6 Å². The summed E-state index contributed by atoms with van der Waals surface area (Å²) in [6.45, 7) is 12.7. The highest BCUT2D eigenvalue weighted by molar-refractivity contribution is 8.02. The van der Waals surface area contributed by atoms with Crippen molar-refractivity contribution in [1.29, 1.82) is 0 Å². The van der Waals surface area contributed by atoms with Crippen molar-refractivity contribution in [1.82, 2.24) is 9.80 Å². The van der Waals surface area contributed by atoms with Crippen LogP contribution in [0.2, 0.25) is 0 Å². The molecule has 2 bridgehead atoms. The van der Waals surface area contributed by atoms with Gasteiger partial charge in [0.2, 0.25) is 11.8 Å². The molecule has 3 saturated heterocycles. The molecule has 1 aromatic rings. The molecule has 0 aromatic heterocycles.